The summed E-state index contributed by atoms with van der Waals surface area (Å²) < 4.78 is 0. The van der Waals surface area contributed by atoms with Gasteiger partial charge < -0.3 is 20.4 Å². The maximum atomic E-state index is 13.2. The van der Waals surface area contributed by atoms with Crippen molar-refractivity contribution >= 4 is 17.6 Å². The molecule has 0 bridgehead atoms. The number of aryl methyl sites for hydroxylation is 1. The minimum absolute atomic E-state index is 0.140. The Morgan fingerprint density at radius 1 is 1.14 bits per heavy atom. The van der Waals surface area contributed by atoms with E-state index in [0.29, 0.717) is 18.9 Å². The standard InChI is InChI=1S/C20H32N6O2/c1-13-14(2)22-16(23-17(13)26-11-8-15(12-26)24(3)4)18(27)25(5)20(19(21)28)9-6-7-10-20/h15H,6-12H2,1-5H3,(H2,21,28)/t15-/m1/s1. The Bertz CT molecular complexity index is 772. The van der Waals surface area contributed by atoms with Gasteiger partial charge in [0.15, 0.2) is 0 Å². The van der Waals surface area contributed by atoms with Gasteiger partial charge in [0, 0.05) is 37.4 Å². The van der Waals surface area contributed by atoms with Crippen molar-refractivity contribution in [3.05, 3.63) is 17.1 Å². The number of anilines is 1. The molecule has 154 valence electrons. The molecule has 28 heavy (non-hydrogen) atoms. The van der Waals surface area contributed by atoms with Crippen molar-refractivity contribution in [1.82, 2.24) is 19.8 Å². The van der Waals surface area contributed by atoms with Crippen LogP contribution in [-0.4, -0.2) is 77.4 Å². The van der Waals surface area contributed by atoms with Crippen LogP contribution in [0, 0.1) is 13.8 Å². The molecule has 1 aromatic rings. The SMILES string of the molecule is Cc1nc(C(=O)N(C)C2(C(N)=O)CCCC2)nc(N2CC[C@@H](N(C)C)C2)c1C. The first-order valence-electron chi connectivity index (χ1n) is 10.0. The zero-order valence-corrected chi connectivity index (χ0v) is 17.7. The summed E-state index contributed by atoms with van der Waals surface area (Å²) in [7, 11) is 5.82. The third kappa shape index (κ3) is 3.45. The largest absolute Gasteiger partial charge is 0.368 e. The molecule has 0 unspecified atom stereocenters. The fraction of sp³-hybridized carbons (Fsp3) is 0.700. The summed E-state index contributed by atoms with van der Waals surface area (Å²) in [5.74, 6) is 0.168. The van der Waals surface area contributed by atoms with Gasteiger partial charge in [0.2, 0.25) is 11.7 Å². The van der Waals surface area contributed by atoms with Crippen LogP contribution in [0.4, 0.5) is 5.82 Å². The zero-order chi connectivity index (χ0) is 20.6. The van der Waals surface area contributed by atoms with E-state index in [1.165, 1.54) is 4.90 Å². The lowest BCUT2D eigenvalue weighted by Crippen LogP contribution is -2.56. The number of amides is 2. The van der Waals surface area contributed by atoms with Gasteiger partial charge in [-0.1, -0.05) is 12.8 Å². The van der Waals surface area contributed by atoms with E-state index in [-0.39, 0.29) is 11.7 Å². The average Bonchev–Trinajstić information content (AvgIpc) is 3.33. The van der Waals surface area contributed by atoms with E-state index in [4.69, 9.17) is 5.73 Å². The molecule has 1 aliphatic heterocycles. The van der Waals surface area contributed by atoms with Crippen LogP contribution in [0.3, 0.4) is 0 Å². The fourth-order valence-corrected chi connectivity index (χ4v) is 4.42. The van der Waals surface area contributed by atoms with Crippen LogP contribution in [-0.2, 0) is 4.79 Å². The molecule has 1 atom stereocenters. The lowest BCUT2D eigenvalue weighted by atomic mass is 9.94. The van der Waals surface area contributed by atoms with E-state index in [1.54, 1.807) is 7.05 Å². The van der Waals surface area contributed by atoms with Gasteiger partial charge in [0.25, 0.3) is 5.91 Å². The molecular formula is C20H32N6O2. The van der Waals surface area contributed by atoms with E-state index in [1.807, 2.05) is 13.8 Å². The summed E-state index contributed by atoms with van der Waals surface area (Å²) in [6, 6.07) is 0.466. The van der Waals surface area contributed by atoms with Crippen LogP contribution in [0.1, 0.15) is 54.0 Å². The van der Waals surface area contributed by atoms with E-state index in [9.17, 15) is 9.59 Å². The highest BCUT2D eigenvalue weighted by Gasteiger charge is 2.46. The van der Waals surface area contributed by atoms with Crippen molar-refractivity contribution in [1.29, 1.82) is 0 Å². The van der Waals surface area contributed by atoms with Crippen molar-refractivity contribution in [2.75, 3.05) is 39.1 Å². The van der Waals surface area contributed by atoms with Gasteiger partial charge in [-0.2, -0.15) is 0 Å². The molecule has 8 heteroatoms. The number of rotatable bonds is 5. The normalized spacial score (nSPS) is 21.4. The monoisotopic (exact) mass is 388 g/mol. The minimum Gasteiger partial charge on any atom is -0.368 e. The molecule has 2 amide bonds. The number of carbonyl (C=O) groups is 2. The Hall–Kier alpha value is -2.22. The highest BCUT2D eigenvalue weighted by Crippen LogP contribution is 2.35. The van der Waals surface area contributed by atoms with E-state index in [2.05, 4.69) is 33.9 Å². The number of likely N-dealkylation sites (N-methyl/N-ethyl adjacent to an activating group) is 2. The number of primary amides is 1. The molecule has 2 fully saturated rings. The van der Waals surface area contributed by atoms with E-state index >= 15 is 0 Å². The average molecular weight is 389 g/mol. The Kier molecular flexibility index (Phi) is 5.61. The van der Waals surface area contributed by atoms with Crippen molar-refractivity contribution in [2.45, 2.75) is 57.5 Å². The van der Waals surface area contributed by atoms with Gasteiger partial charge in [0.05, 0.1) is 0 Å². The van der Waals surface area contributed by atoms with Crippen LogP contribution in [0.5, 0.6) is 0 Å². The van der Waals surface area contributed by atoms with Crippen LogP contribution < -0.4 is 10.6 Å². The summed E-state index contributed by atoms with van der Waals surface area (Å²) in [4.78, 5) is 40.4. The van der Waals surface area contributed by atoms with Gasteiger partial charge in [-0.25, -0.2) is 9.97 Å². The Morgan fingerprint density at radius 3 is 2.32 bits per heavy atom. The second-order valence-corrected chi connectivity index (χ2v) is 8.40. The third-order valence-electron chi connectivity index (χ3n) is 6.58. The highest BCUT2D eigenvalue weighted by molar-refractivity contribution is 5.97. The van der Waals surface area contributed by atoms with Crippen LogP contribution >= 0.6 is 0 Å². The molecule has 2 heterocycles. The Labute approximate surface area is 167 Å². The van der Waals surface area contributed by atoms with Gasteiger partial charge >= 0.3 is 0 Å². The maximum absolute atomic E-state index is 13.2. The summed E-state index contributed by atoms with van der Waals surface area (Å²) in [5, 5.41) is 0. The molecule has 0 radical (unpaired) electrons. The topological polar surface area (TPSA) is 95.7 Å². The van der Waals surface area contributed by atoms with E-state index < -0.39 is 11.4 Å². The van der Waals surface area contributed by atoms with Crippen molar-refractivity contribution in [3.8, 4) is 0 Å². The lowest BCUT2D eigenvalue weighted by molar-refractivity contribution is -0.127. The molecule has 1 saturated heterocycles. The third-order valence-corrected chi connectivity index (χ3v) is 6.58. The predicted molar refractivity (Wildman–Crippen MR) is 108 cm³/mol. The summed E-state index contributed by atoms with van der Waals surface area (Å²) in [6.07, 6.45) is 4.03. The number of hydrogen-bond acceptors (Lipinski definition) is 6. The quantitative estimate of drug-likeness (QED) is 0.812. The summed E-state index contributed by atoms with van der Waals surface area (Å²) in [5.41, 5.74) is 6.54. The first kappa shape index (κ1) is 20.5. The first-order valence-corrected chi connectivity index (χ1v) is 10.0. The molecule has 1 aliphatic carbocycles. The second kappa shape index (κ2) is 7.66. The maximum Gasteiger partial charge on any atom is 0.292 e. The van der Waals surface area contributed by atoms with Gasteiger partial charge in [0.1, 0.15) is 11.4 Å². The molecule has 0 aromatic carbocycles. The highest BCUT2D eigenvalue weighted by atomic mass is 16.2. The smallest absolute Gasteiger partial charge is 0.292 e. The van der Waals surface area contributed by atoms with Gasteiger partial charge in [-0.15, -0.1) is 0 Å². The molecule has 2 aliphatic rings. The molecule has 0 spiro atoms. The number of nitrogens with zero attached hydrogens (tertiary/aromatic N) is 5. The molecule has 3 rings (SSSR count). The first-order chi connectivity index (χ1) is 13.2. The molecule has 8 nitrogen and oxygen atoms in total. The lowest BCUT2D eigenvalue weighted by Gasteiger charge is -2.35. The molecule has 2 N–H and O–H groups in total. The van der Waals surface area contributed by atoms with Crippen molar-refractivity contribution in [3.63, 3.8) is 0 Å². The number of nitrogens with two attached hydrogens (primary N) is 1. The number of aromatic nitrogens is 2. The predicted octanol–water partition coefficient (Wildman–Crippen LogP) is 1.10. The number of carbonyl (C=O) groups excluding carboxylic acids is 2. The van der Waals surface area contributed by atoms with Crippen molar-refractivity contribution in [2.24, 2.45) is 5.73 Å². The van der Waals surface area contributed by atoms with Crippen LogP contribution in [0.2, 0.25) is 0 Å². The van der Waals surface area contributed by atoms with Gasteiger partial charge in [-0.05, 0) is 47.2 Å². The van der Waals surface area contributed by atoms with Crippen LogP contribution in [0.15, 0.2) is 0 Å². The minimum atomic E-state index is -0.928. The summed E-state index contributed by atoms with van der Waals surface area (Å²) >= 11 is 0. The number of hydrogen-bond donors (Lipinski definition) is 1. The molecule has 1 aromatic heterocycles. The Balaban J connectivity index is 1.91. The summed E-state index contributed by atoms with van der Waals surface area (Å²) in [6.45, 7) is 5.66. The zero-order valence-electron chi connectivity index (χ0n) is 17.7. The Morgan fingerprint density at radius 2 is 1.79 bits per heavy atom. The molecule has 1 saturated carbocycles. The van der Waals surface area contributed by atoms with Crippen molar-refractivity contribution < 1.29 is 9.59 Å². The molecular weight excluding hydrogens is 356 g/mol. The van der Waals surface area contributed by atoms with E-state index in [0.717, 1.165) is 49.4 Å². The second-order valence-electron chi connectivity index (χ2n) is 8.40. The van der Waals surface area contributed by atoms with Crippen LogP contribution in [0.25, 0.3) is 0 Å². The van der Waals surface area contributed by atoms with Gasteiger partial charge in [-0.3, -0.25) is 9.59 Å². The fourth-order valence-electron chi connectivity index (χ4n) is 4.42.